The molecule has 1 fully saturated rings. The number of rotatable bonds is 3. The number of methoxy groups -OCH3 is 1. The molecule has 1 amide bonds. The number of nitrogens with two attached hydrogens (primary N) is 1. The van der Waals surface area contributed by atoms with E-state index >= 15 is 0 Å². The molecule has 0 bridgehead atoms. The zero-order valence-corrected chi connectivity index (χ0v) is 12.2. The van der Waals surface area contributed by atoms with Crippen LogP contribution in [0.2, 0.25) is 0 Å². The molecular formula is C14H20ClFN2O2. The summed E-state index contributed by atoms with van der Waals surface area (Å²) in [5.74, 6) is -0.480. The zero-order chi connectivity index (χ0) is 13.8. The highest BCUT2D eigenvalue weighted by atomic mass is 35.5. The molecule has 0 aromatic heterocycles. The molecule has 0 heterocycles. The Morgan fingerprint density at radius 2 is 2.20 bits per heavy atom. The van der Waals surface area contributed by atoms with E-state index in [0.717, 1.165) is 19.3 Å². The van der Waals surface area contributed by atoms with Crippen molar-refractivity contribution in [3.63, 3.8) is 0 Å². The maximum absolute atomic E-state index is 13.5. The first kappa shape index (κ1) is 16.7. The van der Waals surface area contributed by atoms with Gasteiger partial charge in [0.25, 0.3) is 0 Å². The minimum Gasteiger partial charge on any atom is -0.494 e. The normalized spacial score (nSPS) is 21.8. The Morgan fingerprint density at radius 1 is 1.45 bits per heavy atom. The number of nitrogens with one attached hydrogen (secondary N) is 1. The Morgan fingerprint density at radius 3 is 2.80 bits per heavy atom. The summed E-state index contributed by atoms with van der Waals surface area (Å²) in [7, 11) is 1.40. The standard InChI is InChI=1S/C14H19FN2O2.ClH/c1-19-13-6-5-11(8-12(13)15)17-14(18)9-3-2-4-10(16)7-9;/h5-6,8-10H,2-4,7,16H2,1H3,(H,17,18);1H. The summed E-state index contributed by atoms with van der Waals surface area (Å²) in [5.41, 5.74) is 6.31. The monoisotopic (exact) mass is 302 g/mol. The zero-order valence-electron chi connectivity index (χ0n) is 11.4. The Bertz CT molecular complexity index is 470. The molecule has 0 radical (unpaired) electrons. The number of amides is 1. The van der Waals surface area contributed by atoms with Gasteiger partial charge in [-0.15, -0.1) is 12.4 Å². The lowest BCUT2D eigenvalue weighted by Gasteiger charge is -2.25. The van der Waals surface area contributed by atoms with Crippen LogP contribution >= 0.6 is 12.4 Å². The summed E-state index contributed by atoms with van der Waals surface area (Å²) in [5, 5.41) is 2.73. The molecule has 1 aliphatic carbocycles. The van der Waals surface area contributed by atoms with Gasteiger partial charge in [0.1, 0.15) is 0 Å². The Balaban J connectivity index is 0.00000200. The molecule has 2 atom stereocenters. The molecular weight excluding hydrogens is 283 g/mol. The molecule has 1 saturated carbocycles. The van der Waals surface area contributed by atoms with E-state index in [1.54, 1.807) is 6.07 Å². The van der Waals surface area contributed by atoms with E-state index < -0.39 is 5.82 Å². The van der Waals surface area contributed by atoms with Crippen molar-refractivity contribution >= 4 is 24.0 Å². The summed E-state index contributed by atoms with van der Waals surface area (Å²) < 4.78 is 18.3. The average molecular weight is 303 g/mol. The van der Waals surface area contributed by atoms with E-state index in [0.29, 0.717) is 12.1 Å². The molecule has 3 N–H and O–H groups in total. The van der Waals surface area contributed by atoms with Gasteiger partial charge in [-0.1, -0.05) is 6.42 Å². The van der Waals surface area contributed by atoms with E-state index in [1.165, 1.54) is 19.2 Å². The van der Waals surface area contributed by atoms with Gasteiger partial charge in [-0.2, -0.15) is 0 Å². The van der Waals surface area contributed by atoms with Gasteiger partial charge in [-0.05, 0) is 31.4 Å². The smallest absolute Gasteiger partial charge is 0.227 e. The number of ether oxygens (including phenoxy) is 1. The predicted molar refractivity (Wildman–Crippen MR) is 78.8 cm³/mol. The van der Waals surface area contributed by atoms with Crippen molar-refractivity contribution in [2.45, 2.75) is 31.7 Å². The minimum absolute atomic E-state index is 0. The van der Waals surface area contributed by atoms with Crippen LogP contribution in [0.1, 0.15) is 25.7 Å². The molecule has 1 aromatic rings. The maximum atomic E-state index is 13.5. The lowest BCUT2D eigenvalue weighted by molar-refractivity contribution is -0.120. The maximum Gasteiger partial charge on any atom is 0.227 e. The van der Waals surface area contributed by atoms with Crippen LogP contribution in [0, 0.1) is 11.7 Å². The van der Waals surface area contributed by atoms with Crippen molar-refractivity contribution in [1.82, 2.24) is 0 Å². The topological polar surface area (TPSA) is 64.3 Å². The van der Waals surface area contributed by atoms with Crippen LogP contribution in [0.4, 0.5) is 10.1 Å². The third-order valence-electron chi connectivity index (χ3n) is 3.50. The van der Waals surface area contributed by atoms with Gasteiger partial charge in [0.05, 0.1) is 7.11 Å². The van der Waals surface area contributed by atoms with Gasteiger partial charge >= 0.3 is 0 Å². The quantitative estimate of drug-likeness (QED) is 0.902. The molecule has 6 heteroatoms. The highest BCUT2D eigenvalue weighted by Gasteiger charge is 2.25. The second-order valence-electron chi connectivity index (χ2n) is 4.96. The van der Waals surface area contributed by atoms with Crippen molar-refractivity contribution in [3.05, 3.63) is 24.0 Å². The van der Waals surface area contributed by atoms with Gasteiger partial charge in [0.15, 0.2) is 11.6 Å². The lowest BCUT2D eigenvalue weighted by Crippen LogP contribution is -2.34. The first-order chi connectivity index (χ1) is 9.10. The average Bonchev–Trinajstić information content (AvgIpc) is 2.39. The van der Waals surface area contributed by atoms with Crippen LogP contribution in [0.5, 0.6) is 5.75 Å². The molecule has 2 rings (SSSR count). The van der Waals surface area contributed by atoms with Gasteiger partial charge in [0, 0.05) is 23.7 Å². The third-order valence-corrected chi connectivity index (χ3v) is 3.50. The Labute approximate surface area is 124 Å². The van der Waals surface area contributed by atoms with Gasteiger partial charge < -0.3 is 15.8 Å². The van der Waals surface area contributed by atoms with Gasteiger partial charge in [-0.3, -0.25) is 4.79 Å². The number of halogens is 2. The fourth-order valence-corrected chi connectivity index (χ4v) is 2.45. The fraction of sp³-hybridized carbons (Fsp3) is 0.500. The number of hydrogen-bond donors (Lipinski definition) is 2. The molecule has 1 aliphatic rings. The van der Waals surface area contributed by atoms with Crippen LogP contribution in [-0.2, 0) is 4.79 Å². The van der Waals surface area contributed by atoms with E-state index in [9.17, 15) is 9.18 Å². The van der Waals surface area contributed by atoms with E-state index in [2.05, 4.69) is 5.32 Å². The summed E-state index contributed by atoms with van der Waals surface area (Å²) in [6.45, 7) is 0. The highest BCUT2D eigenvalue weighted by Crippen LogP contribution is 2.26. The van der Waals surface area contributed by atoms with Crippen molar-refractivity contribution in [2.24, 2.45) is 11.7 Å². The molecule has 4 nitrogen and oxygen atoms in total. The van der Waals surface area contributed by atoms with Crippen LogP contribution in [0.15, 0.2) is 18.2 Å². The van der Waals surface area contributed by atoms with Crippen LogP contribution < -0.4 is 15.8 Å². The summed E-state index contributed by atoms with van der Waals surface area (Å²) >= 11 is 0. The first-order valence-corrected chi connectivity index (χ1v) is 6.50. The molecule has 20 heavy (non-hydrogen) atoms. The lowest BCUT2D eigenvalue weighted by atomic mass is 9.85. The number of benzene rings is 1. The van der Waals surface area contributed by atoms with Gasteiger partial charge in [0.2, 0.25) is 5.91 Å². The van der Waals surface area contributed by atoms with Crippen molar-refractivity contribution in [2.75, 3.05) is 12.4 Å². The molecule has 1 aromatic carbocycles. The molecule has 0 spiro atoms. The number of carbonyl (C=O) groups is 1. The molecule has 112 valence electrons. The second-order valence-corrected chi connectivity index (χ2v) is 4.96. The second kappa shape index (κ2) is 7.45. The minimum atomic E-state index is -0.486. The van der Waals surface area contributed by atoms with Crippen LogP contribution in [0.3, 0.4) is 0 Å². The van der Waals surface area contributed by atoms with E-state index in [1.807, 2.05) is 0 Å². The Kier molecular flexibility index (Phi) is 6.23. The number of hydrogen-bond acceptors (Lipinski definition) is 3. The van der Waals surface area contributed by atoms with Crippen molar-refractivity contribution in [3.8, 4) is 5.75 Å². The van der Waals surface area contributed by atoms with E-state index in [-0.39, 0.29) is 36.0 Å². The largest absolute Gasteiger partial charge is 0.494 e. The highest BCUT2D eigenvalue weighted by molar-refractivity contribution is 5.92. The summed E-state index contributed by atoms with van der Waals surface area (Å²) in [6, 6.07) is 4.48. The number of anilines is 1. The SMILES string of the molecule is COc1ccc(NC(=O)C2CCCC(N)C2)cc1F.Cl. The predicted octanol–water partition coefficient (Wildman–Crippen LogP) is 2.71. The molecule has 0 aliphatic heterocycles. The molecule has 0 saturated heterocycles. The van der Waals surface area contributed by atoms with Crippen LogP contribution in [0.25, 0.3) is 0 Å². The van der Waals surface area contributed by atoms with Crippen molar-refractivity contribution < 1.29 is 13.9 Å². The molecule has 2 unspecified atom stereocenters. The number of carbonyl (C=O) groups excluding carboxylic acids is 1. The van der Waals surface area contributed by atoms with Crippen molar-refractivity contribution in [1.29, 1.82) is 0 Å². The van der Waals surface area contributed by atoms with E-state index in [4.69, 9.17) is 10.5 Å². The first-order valence-electron chi connectivity index (χ1n) is 6.50. The van der Waals surface area contributed by atoms with Gasteiger partial charge in [-0.25, -0.2) is 4.39 Å². The summed E-state index contributed by atoms with van der Waals surface area (Å²) in [6.07, 6.45) is 3.49. The third kappa shape index (κ3) is 4.08. The summed E-state index contributed by atoms with van der Waals surface area (Å²) in [4.78, 5) is 12.1. The fourth-order valence-electron chi connectivity index (χ4n) is 2.45. The Hall–Kier alpha value is -1.33. The van der Waals surface area contributed by atoms with Crippen LogP contribution in [-0.4, -0.2) is 19.1 Å².